The maximum Gasteiger partial charge on any atom is 0.286 e. The summed E-state index contributed by atoms with van der Waals surface area (Å²) in [6, 6.07) is 8.33. The van der Waals surface area contributed by atoms with Crippen LogP contribution in [0, 0.1) is 17.8 Å². The number of aromatic nitrogens is 2. The van der Waals surface area contributed by atoms with Crippen LogP contribution in [0.25, 0.3) is 0 Å². The molecule has 2 aromatic rings. The topological polar surface area (TPSA) is 127 Å². The minimum absolute atomic E-state index is 0.00934. The Balaban J connectivity index is 1.31. The maximum absolute atomic E-state index is 13.5. The third-order valence-corrected chi connectivity index (χ3v) is 8.62. The van der Waals surface area contributed by atoms with E-state index >= 15 is 0 Å². The van der Waals surface area contributed by atoms with Gasteiger partial charge in [0.2, 0.25) is 11.7 Å². The molecule has 2 aliphatic rings. The number of ketones is 1. The van der Waals surface area contributed by atoms with Gasteiger partial charge in [0.05, 0.1) is 19.3 Å². The van der Waals surface area contributed by atoms with E-state index < -0.39 is 6.04 Å². The largest absolute Gasteiger partial charge is 0.408 e. The maximum atomic E-state index is 13.5. The zero-order valence-electron chi connectivity index (χ0n) is 24.2. The molecule has 3 atom stereocenters. The van der Waals surface area contributed by atoms with Gasteiger partial charge in [-0.05, 0) is 56.2 Å². The van der Waals surface area contributed by atoms with Crippen LogP contribution in [0.5, 0.6) is 0 Å². The molecule has 2 N–H and O–H groups in total. The average molecular weight is 586 g/mol. The van der Waals surface area contributed by atoms with Crippen molar-refractivity contribution in [1.29, 1.82) is 0 Å². The van der Waals surface area contributed by atoms with Gasteiger partial charge in [0.25, 0.3) is 17.0 Å². The molecule has 224 valence electrons. The molecule has 0 spiro atoms. The highest BCUT2D eigenvalue weighted by Crippen LogP contribution is 2.30. The van der Waals surface area contributed by atoms with Crippen LogP contribution in [0.2, 0.25) is 0 Å². The van der Waals surface area contributed by atoms with E-state index in [9.17, 15) is 14.4 Å². The van der Waals surface area contributed by atoms with E-state index in [0.29, 0.717) is 23.8 Å². The fourth-order valence-corrected chi connectivity index (χ4v) is 6.17. The summed E-state index contributed by atoms with van der Waals surface area (Å²) in [5.74, 6) is -0.00440. The lowest BCUT2D eigenvalue weighted by atomic mass is 9.78. The molecule has 10 nitrogen and oxygen atoms in total. The number of benzene rings is 1. The Bertz CT molecular complexity index is 1120. The van der Waals surface area contributed by atoms with Crippen LogP contribution in [0.4, 0.5) is 0 Å². The summed E-state index contributed by atoms with van der Waals surface area (Å²) in [4.78, 5) is 41.9. The molecule has 2 unspecified atom stereocenters. The summed E-state index contributed by atoms with van der Waals surface area (Å²) in [6.45, 7) is 8.90. The van der Waals surface area contributed by atoms with Crippen LogP contribution in [-0.2, 0) is 9.53 Å². The lowest BCUT2D eigenvalue weighted by Gasteiger charge is -2.32. The van der Waals surface area contributed by atoms with Crippen molar-refractivity contribution in [1.82, 2.24) is 25.7 Å². The minimum Gasteiger partial charge on any atom is -0.408 e. The lowest BCUT2D eigenvalue weighted by Crippen LogP contribution is -2.48. The van der Waals surface area contributed by atoms with E-state index in [1.54, 1.807) is 12.1 Å². The third-order valence-electron chi connectivity index (χ3n) is 7.71. The molecule has 11 heteroatoms. The molecule has 0 bridgehead atoms. The van der Waals surface area contributed by atoms with Gasteiger partial charge in [0.1, 0.15) is 0 Å². The Hall–Kier alpha value is -2.76. The van der Waals surface area contributed by atoms with Gasteiger partial charge in [0.15, 0.2) is 0 Å². The summed E-state index contributed by atoms with van der Waals surface area (Å²) in [7, 11) is 0. The number of thioether (sulfide) groups is 1. The number of hydrogen-bond donors (Lipinski definition) is 2. The van der Waals surface area contributed by atoms with Crippen molar-refractivity contribution in [3.63, 3.8) is 0 Å². The quantitative estimate of drug-likeness (QED) is 0.193. The SMILES string of the molecule is CC(C)CC(NC(=O)C1CCCC[C@@H]1CNC(=O)c1ccccc1)C(=O)c1nnc(SCCCN2CCOCC2)o1. The van der Waals surface area contributed by atoms with Crippen LogP contribution >= 0.6 is 11.8 Å². The van der Waals surface area contributed by atoms with Crippen molar-refractivity contribution in [2.24, 2.45) is 17.8 Å². The summed E-state index contributed by atoms with van der Waals surface area (Å²) >= 11 is 1.44. The van der Waals surface area contributed by atoms with Crippen molar-refractivity contribution in [3.05, 3.63) is 41.8 Å². The number of Topliss-reactive ketones (excluding diaryl/α,β-unsaturated/α-hetero) is 1. The number of nitrogens with zero attached hydrogens (tertiary/aromatic N) is 3. The molecule has 2 heterocycles. The molecular weight excluding hydrogens is 542 g/mol. The van der Waals surface area contributed by atoms with Crippen molar-refractivity contribution < 1.29 is 23.5 Å². The normalized spacial score (nSPS) is 20.5. The van der Waals surface area contributed by atoms with Crippen LogP contribution in [0.15, 0.2) is 40.0 Å². The second-order valence-corrected chi connectivity index (χ2v) is 12.4. The van der Waals surface area contributed by atoms with Gasteiger partial charge in [0, 0.05) is 36.9 Å². The molecule has 1 aromatic heterocycles. The fourth-order valence-electron chi connectivity index (χ4n) is 5.48. The van der Waals surface area contributed by atoms with Crippen LogP contribution in [-0.4, -0.2) is 83.9 Å². The number of rotatable bonds is 14. The Morgan fingerprint density at radius 1 is 1.07 bits per heavy atom. The van der Waals surface area contributed by atoms with Crippen LogP contribution in [0.3, 0.4) is 0 Å². The number of carbonyl (C=O) groups excluding carboxylic acids is 3. The zero-order chi connectivity index (χ0) is 29.0. The number of ether oxygens (including phenoxy) is 1. The highest BCUT2D eigenvalue weighted by molar-refractivity contribution is 7.99. The van der Waals surface area contributed by atoms with Crippen molar-refractivity contribution in [3.8, 4) is 0 Å². The first-order valence-electron chi connectivity index (χ1n) is 14.8. The van der Waals surface area contributed by atoms with E-state index in [1.165, 1.54) is 11.8 Å². The molecule has 41 heavy (non-hydrogen) atoms. The van der Waals surface area contributed by atoms with Crippen LogP contribution < -0.4 is 10.6 Å². The van der Waals surface area contributed by atoms with Gasteiger partial charge in [-0.2, -0.15) is 0 Å². The Kier molecular flexibility index (Phi) is 12.2. The van der Waals surface area contributed by atoms with E-state index in [-0.39, 0.29) is 41.2 Å². The molecular formula is C30H43N5O5S. The van der Waals surface area contributed by atoms with E-state index in [0.717, 1.165) is 70.7 Å². The standard InChI is InChI=1S/C30H43N5O5S/c1-21(2)19-25(26(36)29-33-34-30(40-29)41-18-8-13-35-14-16-39-17-15-35)32-28(38)24-12-7-6-11-23(24)20-31-27(37)22-9-4-3-5-10-22/h3-5,9-10,21,23-25H,6-8,11-20H2,1-2H3,(H,31,37)(H,32,38)/t23-,24?,25?/m1/s1. The molecule has 1 aliphatic heterocycles. The van der Waals surface area contributed by atoms with Gasteiger partial charge in [-0.25, -0.2) is 0 Å². The molecule has 1 saturated carbocycles. The fraction of sp³-hybridized carbons (Fsp3) is 0.633. The smallest absolute Gasteiger partial charge is 0.286 e. The number of hydrogen-bond acceptors (Lipinski definition) is 9. The summed E-state index contributed by atoms with van der Waals surface area (Å²) in [6.07, 6.45) is 4.98. The van der Waals surface area contributed by atoms with Gasteiger partial charge < -0.3 is 19.8 Å². The number of carbonyl (C=O) groups is 3. The average Bonchev–Trinajstić information content (AvgIpc) is 3.47. The van der Waals surface area contributed by atoms with Gasteiger partial charge in [-0.1, -0.05) is 56.7 Å². The van der Waals surface area contributed by atoms with E-state index in [4.69, 9.17) is 9.15 Å². The number of nitrogens with one attached hydrogen (secondary N) is 2. The minimum atomic E-state index is -0.747. The Morgan fingerprint density at radius 3 is 2.59 bits per heavy atom. The van der Waals surface area contributed by atoms with Crippen LogP contribution in [0.1, 0.15) is 73.4 Å². The summed E-state index contributed by atoms with van der Waals surface area (Å²) < 4.78 is 11.1. The first kappa shape index (κ1) is 31.2. The monoisotopic (exact) mass is 585 g/mol. The molecule has 1 aliphatic carbocycles. The third kappa shape index (κ3) is 9.65. The molecule has 1 saturated heterocycles. The van der Waals surface area contributed by atoms with Crippen molar-refractivity contribution in [2.45, 2.75) is 63.6 Å². The highest BCUT2D eigenvalue weighted by atomic mass is 32.2. The van der Waals surface area contributed by atoms with Crippen molar-refractivity contribution in [2.75, 3.05) is 45.1 Å². The molecule has 2 fully saturated rings. The van der Waals surface area contributed by atoms with Crippen molar-refractivity contribution >= 4 is 29.4 Å². The summed E-state index contributed by atoms with van der Waals surface area (Å²) in [5, 5.41) is 14.5. The first-order valence-corrected chi connectivity index (χ1v) is 15.8. The second-order valence-electron chi connectivity index (χ2n) is 11.3. The second kappa shape index (κ2) is 16.0. The van der Waals surface area contributed by atoms with Gasteiger partial charge >= 0.3 is 0 Å². The first-order chi connectivity index (χ1) is 19.9. The van der Waals surface area contributed by atoms with Gasteiger partial charge in [-0.15, -0.1) is 10.2 Å². The van der Waals surface area contributed by atoms with E-state index in [2.05, 4.69) is 25.7 Å². The molecule has 0 radical (unpaired) electrons. The predicted molar refractivity (Wildman–Crippen MR) is 157 cm³/mol. The number of amides is 2. The Labute approximate surface area is 246 Å². The van der Waals surface area contributed by atoms with Gasteiger partial charge in [-0.3, -0.25) is 19.3 Å². The zero-order valence-corrected chi connectivity index (χ0v) is 25.0. The molecule has 2 amide bonds. The highest BCUT2D eigenvalue weighted by Gasteiger charge is 2.35. The molecule has 1 aromatic carbocycles. The molecule has 4 rings (SSSR count). The predicted octanol–water partition coefficient (Wildman–Crippen LogP) is 3.83. The number of morpholine rings is 1. The summed E-state index contributed by atoms with van der Waals surface area (Å²) in [5.41, 5.74) is 0.598. The Morgan fingerprint density at radius 2 is 1.83 bits per heavy atom. The lowest BCUT2D eigenvalue weighted by molar-refractivity contribution is -0.128. The van der Waals surface area contributed by atoms with E-state index in [1.807, 2.05) is 32.0 Å².